The summed E-state index contributed by atoms with van der Waals surface area (Å²) in [7, 11) is 4.19. The minimum Gasteiger partial charge on any atom is -0.462 e. The number of esters is 2. The number of rotatable bonds is 12. The lowest BCUT2D eigenvalue weighted by molar-refractivity contribution is -0.235. The average Bonchev–Trinajstić information content (AvgIpc) is 4.07. The number of benzene rings is 2. The lowest BCUT2D eigenvalue weighted by Crippen LogP contribution is -2.67. The maximum Gasteiger partial charge on any atom is 0.318 e. The van der Waals surface area contributed by atoms with E-state index < -0.39 is 11.0 Å². The predicted molar refractivity (Wildman–Crippen MR) is 285 cm³/mol. The van der Waals surface area contributed by atoms with E-state index in [9.17, 15) is 14.4 Å². The molecule has 1 aromatic heterocycles. The fraction of sp³-hybridized carbons (Fsp3) is 0.661. The molecular weight excluding hydrogens is 911 g/mol. The van der Waals surface area contributed by atoms with Crippen LogP contribution in [0.1, 0.15) is 157 Å². The van der Waals surface area contributed by atoms with Gasteiger partial charge in [-0.1, -0.05) is 123 Å². The Hall–Kier alpha value is -4.77. The van der Waals surface area contributed by atoms with E-state index in [1.807, 2.05) is 61.3 Å². The third-order valence-electron chi connectivity index (χ3n) is 21.6. The van der Waals surface area contributed by atoms with Crippen LogP contribution in [0.5, 0.6) is 0 Å². The van der Waals surface area contributed by atoms with Crippen LogP contribution in [0.2, 0.25) is 0 Å². The number of imidazole rings is 1. The first-order valence-corrected chi connectivity index (χ1v) is 28.1. The van der Waals surface area contributed by atoms with E-state index in [1.165, 1.54) is 5.57 Å². The molecule has 3 aromatic rings. The van der Waals surface area contributed by atoms with Crippen LogP contribution in [0.25, 0.3) is 11.3 Å². The first-order valence-electron chi connectivity index (χ1n) is 28.1. The van der Waals surface area contributed by atoms with Crippen LogP contribution in [0.15, 0.2) is 78.0 Å². The van der Waals surface area contributed by atoms with Gasteiger partial charge >= 0.3 is 18.0 Å². The van der Waals surface area contributed by atoms with Crippen LogP contribution in [-0.4, -0.2) is 81.9 Å². The number of hydrogen-bond donors (Lipinski definition) is 1. The molecule has 11 nitrogen and oxygen atoms in total. The summed E-state index contributed by atoms with van der Waals surface area (Å²) in [6, 6.07) is 19.9. The number of allylic oxidation sites excluding steroid dienone is 1. The van der Waals surface area contributed by atoms with Gasteiger partial charge in [0, 0.05) is 31.5 Å². The summed E-state index contributed by atoms with van der Waals surface area (Å²) in [6.07, 6.45) is 12.1. The molecule has 6 aliphatic carbocycles. The number of ether oxygens (including phenoxy) is 2. The second kappa shape index (κ2) is 18.8. The smallest absolute Gasteiger partial charge is 0.318 e. The fourth-order valence-electron chi connectivity index (χ4n) is 17.3. The third-order valence-corrected chi connectivity index (χ3v) is 21.6. The number of likely N-dealkylation sites (N-methyl/N-ethyl adjacent to an activating group) is 1. The molecule has 7 aliphatic rings. The van der Waals surface area contributed by atoms with Crippen LogP contribution in [0.3, 0.4) is 0 Å². The Balaban J connectivity index is 0.858. The van der Waals surface area contributed by atoms with Gasteiger partial charge in [0.1, 0.15) is 18.5 Å². The Labute approximate surface area is 436 Å². The standard InChI is InChI=1S/C62H85N5O6/c1-39(2)51-47(68)36-62(64-56(71)67-32-18-23-45(67)53-63-37-46(41-21-16-13-17-22-41)66(53)34-33-65(10)11)31-30-60(8)42(52(51)62)24-25-49-59(7)28-27-50(58(5,6)48(59)26-29-61(49,60)9)73-55(70)44-35-43(57(44,3)4)54(69)72-38-40-19-14-12-15-20-40/h12-17,19-22,37,39,42-45,48-50H,18,23-36,38H2,1-11H3,(H,64,71)/t42-,43+,44-,45+,48+,49-,50+,59+,60-,61-,62?/m1/s1. The zero-order valence-corrected chi connectivity index (χ0v) is 46.0. The van der Waals surface area contributed by atoms with Crippen molar-refractivity contribution in [2.75, 3.05) is 27.2 Å². The van der Waals surface area contributed by atoms with Gasteiger partial charge < -0.3 is 29.2 Å². The van der Waals surface area contributed by atoms with Gasteiger partial charge in [0.2, 0.25) is 0 Å². The molecule has 11 heteroatoms. The largest absolute Gasteiger partial charge is 0.462 e. The number of ketones is 1. The Morgan fingerprint density at radius 2 is 1.49 bits per heavy atom. The van der Waals surface area contributed by atoms with Gasteiger partial charge in [-0.3, -0.25) is 14.4 Å². The molecule has 6 fully saturated rings. The predicted octanol–water partition coefficient (Wildman–Crippen LogP) is 12.0. The number of aromatic nitrogens is 2. The maximum absolute atomic E-state index is 15.1. The summed E-state index contributed by atoms with van der Waals surface area (Å²) in [5.74, 6) is 1.13. The third kappa shape index (κ3) is 8.34. The van der Waals surface area contributed by atoms with Crippen LogP contribution in [0.4, 0.5) is 4.79 Å². The van der Waals surface area contributed by atoms with Crippen molar-refractivity contribution in [3.8, 4) is 11.3 Å². The minimum atomic E-state index is -0.702. The first kappa shape index (κ1) is 51.7. The summed E-state index contributed by atoms with van der Waals surface area (Å²) in [4.78, 5) is 66.4. The summed E-state index contributed by atoms with van der Waals surface area (Å²) in [5, 5.41) is 3.72. The first-order chi connectivity index (χ1) is 34.6. The van der Waals surface area contributed by atoms with Crippen LogP contribution in [0, 0.1) is 62.6 Å². The van der Waals surface area contributed by atoms with Crippen molar-refractivity contribution in [2.24, 2.45) is 62.6 Å². The number of likely N-dealkylation sites (tertiary alicyclic amines) is 1. The molecule has 1 N–H and O–H groups in total. The zero-order chi connectivity index (χ0) is 52.0. The number of urea groups is 1. The molecule has 0 bridgehead atoms. The van der Waals surface area contributed by atoms with Gasteiger partial charge in [-0.2, -0.15) is 0 Å². The van der Waals surface area contributed by atoms with Crippen molar-refractivity contribution in [2.45, 2.75) is 170 Å². The van der Waals surface area contributed by atoms with E-state index in [0.29, 0.717) is 31.2 Å². The van der Waals surface area contributed by atoms with Gasteiger partial charge in [0.15, 0.2) is 5.78 Å². The number of nitrogens with zero attached hydrogens (tertiary/aromatic N) is 4. The molecule has 1 unspecified atom stereocenters. The highest BCUT2D eigenvalue weighted by molar-refractivity contribution is 6.02. The molecule has 2 amide bonds. The van der Waals surface area contributed by atoms with Crippen molar-refractivity contribution >= 4 is 23.8 Å². The van der Waals surface area contributed by atoms with E-state index in [1.54, 1.807) is 0 Å². The fourth-order valence-corrected chi connectivity index (χ4v) is 17.3. The van der Waals surface area contributed by atoms with Crippen LogP contribution < -0.4 is 5.32 Å². The topological polar surface area (TPSA) is 123 Å². The van der Waals surface area contributed by atoms with Crippen molar-refractivity contribution in [3.05, 3.63) is 89.4 Å². The molecule has 1 saturated heterocycles. The Morgan fingerprint density at radius 3 is 2.18 bits per heavy atom. The Morgan fingerprint density at radius 1 is 0.795 bits per heavy atom. The van der Waals surface area contributed by atoms with Gasteiger partial charge in [0.05, 0.1) is 35.3 Å². The van der Waals surface area contributed by atoms with E-state index in [2.05, 4.69) is 102 Å². The van der Waals surface area contributed by atoms with Crippen molar-refractivity contribution in [3.63, 3.8) is 0 Å². The van der Waals surface area contributed by atoms with Gasteiger partial charge in [-0.15, -0.1) is 0 Å². The number of carbonyl (C=O) groups excluding carboxylic acids is 4. The molecule has 0 spiro atoms. The maximum atomic E-state index is 15.1. The van der Waals surface area contributed by atoms with E-state index in [0.717, 1.165) is 106 Å². The number of hydrogen-bond acceptors (Lipinski definition) is 8. The molecule has 2 heterocycles. The second-order valence-electron chi connectivity index (χ2n) is 26.4. The summed E-state index contributed by atoms with van der Waals surface area (Å²) >= 11 is 0. The molecule has 1 aliphatic heterocycles. The van der Waals surface area contributed by atoms with E-state index >= 15 is 4.79 Å². The SMILES string of the molecule is CC(C)C1=C2[C@H]3CC[C@@H]4[C@@]5(C)CC[C@H](OC(=O)[C@H]6C[C@@H](C(=O)OCc7ccccc7)C6(C)C)C(C)(C)[C@@H]5CC[C@@]4(C)[C@]3(C)CCC2(NC(=O)N2CCC[C@H]2c2ncc(-c3ccccc3)n2CCN(C)C)CC1=O. The monoisotopic (exact) mass is 996 g/mol. The highest BCUT2D eigenvalue weighted by atomic mass is 16.5. The van der Waals surface area contributed by atoms with Crippen molar-refractivity contribution in [1.82, 2.24) is 24.7 Å². The molecule has 73 heavy (non-hydrogen) atoms. The van der Waals surface area contributed by atoms with Crippen molar-refractivity contribution in [1.29, 1.82) is 0 Å². The highest BCUT2D eigenvalue weighted by Crippen LogP contribution is 2.76. The summed E-state index contributed by atoms with van der Waals surface area (Å²) < 4.78 is 14.7. The minimum absolute atomic E-state index is 0.0118. The highest BCUT2D eigenvalue weighted by Gasteiger charge is 2.71. The van der Waals surface area contributed by atoms with Gasteiger partial charge in [0.25, 0.3) is 0 Å². The quantitative estimate of drug-likeness (QED) is 0.178. The van der Waals surface area contributed by atoms with Crippen molar-refractivity contribution < 1.29 is 28.7 Å². The summed E-state index contributed by atoms with van der Waals surface area (Å²) in [5.41, 5.74) is 3.86. The van der Waals surface area contributed by atoms with E-state index in [-0.39, 0.29) is 87.8 Å². The number of amides is 2. The van der Waals surface area contributed by atoms with Gasteiger partial charge in [-0.05, 0) is 152 Å². The number of Topliss-reactive ketones (excluding diaryl/α,β-unsaturated/α-hetero) is 1. The Kier molecular flexibility index (Phi) is 13.3. The molecule has 394 valence electrons. The molecule has 2 aromatic carbocycles. The Bertz CT molecular complexity index is 2640. The molecule has 5 saturated carbocycles. The lowest BCUT2D eigenvalue weighted by atomic mass is 9.33. The summed E-state index contributed by atoms with van der Waals surface area (Å²) in [6.45, 7) is 23.3. The van der Waals surface area contributed by atoms with Crippen LogP contribution in [-0.2, 0) is 37.0 Å². The number of carbonyl (C=O) groups is 4. The second-order valence-corrected chi connectivity index (χ2v) is 26.4. The lowest BCUT2D eigenvalue weighted by Gasteiger charge is -2.72. The zero-order valence-electron chi connectivity index (χ0n) is 46.0. The number of fused-ring (bicyclic) bond motifs is 7. The molecule has 10 rings (SSSR count). The normalized spacial score (nSPS) is 35.2. The molecular formula is C62H85N5O6. The van der Waals surface area contributed by atoms with Crippen LogP contribution >= 0.6 is 0 Å². The molecule has 11 atom stereocenters. The molecule has 0 radical (unpaired) electrons. The number of nitrogens with one attached hydrogen (secondary N) is 1. The van der Waals surface area contributed by atoms with Gasteiger partial charge in [-0.25, -0.2) is 9.78 Å². The average molecular weight is 996 g/mol. The van der Waals surface area contributed by atoms with E-state index in [4.69, 9.17) is 14.5 Å².